The van der Waals surface area contributed by atoms with Crippen molar-refractivity contribution in [1.82, 2.24) is 19.1 Å². The number of aryl methyl sites for hydroxylation is 1. The number of hydrogen-bond acceptors (Lipinski definition) is 3. The summed E-state index contributed by atoms with van der Waals surface area (Å²) in [5, 5.41) is 0.869. The lowest BCUT2D eigenvalue weighted by atomic mass is 10.3. The largest absolute Gasteiger partial charge is 0.339 e. The van der Waals surface area contributed by atoms with Gasteiger partial charge in [0.05, 0.1) is 6.33 Å². The minimum Gasteiger partial charge on any atom is -0.339 e. The molecule has 0 aliphatic heterocycles. The van der Waals surface area contributed by atoms with Gasteiger partial charge in [0.1, 0.15) is 5.52 Å². The molecule has 0 aliphatic carbocycles. The van der Waals surface area contributed by atoms with E-state index >= 15 is 0 Å². The number of halogens is 1. The predicted octanol–water partition coefficient (Wildman–Crippen LogP) is 0.598. The van der Waals surface area contributed by atoms with E-state index in [1.165, 1.54) is 15.5 Å². The summed E-state index contributed by atoms with van der Waals surface area (Å²) < 4.78 is 2.64. The number of aromatic amines is 1. The highest BCUT2D eigenvalue weighted by atomic mass is 79.9. The van der Waals surface area contributed by atoms with Crippen LogP contribution in [0.25, 0.3) is 11.2 Å². The summed E-state index contributed by atoms with van der Waals surface area (Å²) in [6.45, 7) is 0.437. The fourth-order valence-corrected chi connectivity index (χ4v) is 2.15. The molecule has 92 valence electrons. The van der Waals surface area contributed by atoms with Crippen molar-refractivity contribution in [3.63, 3.8) is 0 Å². The minimum absolute atomic E-state index is 0.296. The molecule has 0 radical (unpaired) electrons. The van der Waals surface area contributed by atoms with Crippen LogP contribution in [-0.2, 0) is 13.6 Å². The zero-order chi connectivity index (χ0) is 12.4. The van der Waals surface area contributed by atoms with Crippen molar-refractivity contribution in [2.24, 2.45) is 7.05 Å². The highest BCUT2D eigenvalue weighted by Gasteiger charge is 2.11. The van der Waals surface area contributed by atoms with Gasteiger partial charge in [-0.15, -0.1) is 0 Å². The van der Waals surface area contributed by atoms with Crippen molar-refractivity contribution in [2.75, 3.05) is 5.33 Å². The van der Waals surface area contributed by atoms with Crippen LogP contribution in [0.2, 0.25) is 0 Å². The fraction of sp³-hybridized carbons (Fsp3) is 0.500. The second-order valence-electron chi connectivity index (χ2n) is 3.80. The Morgan fingerprint density at radius 1 is 1.41 bits per heavy atom. The maximum absolute atomic E-state index is 12.0. The number of fused-ring (bicyclic) bond motifs is 1. The van der Waals surface area contributed by atoms with E-state index in [0.717, 1.165) is 18.2 Å². The Labute approximate surface area is 105 Å². The van der Waals surface area contributed by atoms with E-state index in [-0.39, 0.29) is 11.2 Å². The minimum atomic E-state index is -0.316. The van der Waals surface area contributed by atoms with Gasteiger partial charge in [-0.1, -0.05) is 15.9 Å². The quantitative estimate of drug-likeness (QED) is 0.664. The fourth-order valence-electron chi connectivity index (χ4n) is 1.75. The first kappa shape index (κ1) is 12.1. The lowest BCUT2D eigenvalue weighted by molar-refractivity contribution is 0.569. The molecule has 0 unspecified atom stereocenters. The zero-order valence-electron chi connectivity index (χ0n) is 9.44. The van der Waals surface area contributed by atoms with E-state index < -0.39 is 0 Å². The summed E-state index contributed by atoms with van der Waals surface area (Å²) in [7, 11) is 1.62. The number of rotatable bonds is 4. The van der Waals surface area contributed by atoms with Gasteiger partial charge in [-0.2, -0.15) is 0 Å². The molecule has 0 saturated heterocycles. The van der Waals surface area contributed by atoms with Crippen molar-refractivity contribution >= 4 is 27.1 Å². The Balaban J connectivity index is 2.55. The average molecular weight is 301 g/mol. The van der Waals surface area contributed by atoms with Gasteiger partial charge in [0.15, 0.2) is 5.65 Å². The maximum Gasteiger partial charge on any atom is 0.332 e. The molecule has 2 rings (SSSR count). The topological polar surface area (TPSA) is 72.7 Å². The predicted molar refractivity (Wildman–Crippen MR) is 68.6 cm³/mol. The second kappa shape index (κ2) is 4.87. The third-order valence-electron chi connectivity index (χ3n) is 2.68. The van der Waals surface area contributed by atoms with Crippen LogP contribution < -0.4 is 11.2 Å². The Kier molecular flexibility index (Phi) is 3.46. The van der Waals surface area contributed by atoms with Crippen LogP contribution in [-0.4, -0.2) is 24.4 Å². The number of H-pyrrole nitrogens is 1. The number of alkyl halides is 1. The van der Waals surface area contributed by atoms with Crippen molar-refractivity contribution in [2.45, 2.75) is 19.4 Å². The number of nitrogens with one attached hydrogen (secondary N) is 1. The van der Waals surface area contributed by atoms with Crippen LogP contribution in [0.1, 0.15) is 12.8 Å². The SMILES string of the molecule is Cn1c(=O)n(CCCCBr)c(=O)c2[nH]cnc21. The lowest BCUT2D eigenvalue weighted by Gasteiger charge is -2.06. The van der Waals surface area contributed by atoms with Gasteiger partial charge in [-0.05, 0) is 12.8 Å². The van der Waals surface area contributed by atoms with Gasteiger partial charge >= 0.3 is 5.69 Å². The van der Waals surface area contributed by atoms with E-state index in [9.17, 15) is 9.59 Å². The Hall–Kier alpha value is -1.37. The Morgan fingerprint density at radius 3 is 2.88 bits per heavy atom. The van der Waals surface area contributed by atoms with Gasteiger partial charge in [-0.3, -0.25) is 13.9 Å². The van der Waals surface area contributed by atoms with E-state index in [1.807, 2.05) is 0 Å². The normalized spacial score (nSPS) is 11.2. The highest BCUT2D eigenvalue weighted by molar-refractivity contribution is 9.09. The van der Waals surface area contributed by atoms with Gasteiger partial charge in [0.25, 0.3) is 5.56 Å². The molecule has 17 heavy (non-hydrogen) atoms. The molecular formula is C10H13BrN4O2. The van der Waals surface area contributed by atoms with E-state index in [0.29, 0.717) is 17.7 Å². The molecule has 0 spiro atoms. The Bertz CT molecular complexity index is 640. The molecule has 7 heteroatoms. The lowest BCUT2D eigenvalue weighted by Crippen LogP contribution is -2.39. The van der Waals surface area contributed by atoms with Crippen LogP contribution in [0.3, 0.4) is 0 Å². The number of hydrogen-bond donors (Lipinski definition) is 1. The molecule has 0 aromatic carbocycles. The smallest absolute Gasteiger partial charge is 0.332 e. The summed E-state index contributed by atoms with van der Waals surface area (Å²) in [4.78, 5) is 30.7. The van der Waals surface area contributed by atoms with Gasteiger partial charge in [0.2, 0.25) is 0 Å². The molecule has 0 atom stereocenters. The first-order valence-corrected chi connectivity index (χ1v) is 6.48. The van der Waals surface area contributed by atoms with Crippen LogP contribution >= 0.6 is 15.9 Å². The maximum atomic E-state index is 12.0. The molecule has 2 heterocycles. The number of aromatic nitrogens is 4. The van der Waals surface area contributed by atoms with E-state index in [2.05, 4.69) is 25.9 Å². The third kappa shape index (κ3) is 2.06. The molecular weight excluding hydrogens is 288 g/mol. The highest BCUT2D eigenvalue weighted by Crippen LogP contribution is 2.00. The standard InChI is InChI=1S/C10H13BrN4O2/c1-14-8-7(12-6-13-8)9(16)15(10(14)17)5-3-2-4-11/h6H,2-5H2,1H3,(H,12,13). The zero-order valence-corrected chi connectivity index (χ0v) is 11.0. The van der Waals surface area contributed by atoms with Crippen molar-refractivity contribution in [1.29, 1.82) is 0 Å². The van der Waals surface area contributed by atoms with Crippen molar-refractivity contribution in [3.8, 4) is 0 Å². The molecule has 2 aromatic heterocycles. The monoisotopic (exact) mass is 300 g/mol. The van der Waals surface area contributed by atoms with Gasteiger partial charge < -0.3 is 4.98 Å². The summed E-state index contributed by atoms with van der Waals surface area (Å²) in [5.74, 6) is 0. The van der Waals surface area contributed by atoms with Crippen LogP contribution in [0.4, 0.5) is 0 Å². The average Bonchev–Trinajstić information content (AvgIpc) is 2.80. The molecule has 2 aromatic rings. The van der Waals surface area contributed by atoms with Crippen LogP contribution in [0.15, 0.2) is 15.9 Å². The Morgan fingerprint density at radius 2 is 2.18 bits per heavy atom. The van der Waals surface area contributed by atoms with E-state index in [4.69, 9.17) is 0 Å². The first-order chi connectivity index (χ1) is 8.16. The van der Waals surface area contributed by atoms with Crippen LogP contribution in [0, 0.1) is 0 Å². The van der Waals surface area contributed by atoms with Crippen LogP contribution in [0.5, 0.6) is 0 Å². The molecule has 0 aliphatic rings. The summed E-state index contributed by atoms with van der Waals surface area (Å²) in [6, 6.07) is 0. The molecule has 0 bridgehead atoms. The van der Waals surface area contributed by atoms with Crippen molar-refractivity contribution < 1.29 is 0 Å². The van der Waals surface area contributed by atoms with Gasteiger partial charge in [0, 0.05) is 18.9 Å². The first-order valence-electron chi connectivity index (χ1n) is 5.35. The third-order valence-corrected chi connectivity index (χ3v) is 3.24. The molecule has 0 fully saturated rings. The summed E-state index contributed by atoms with van der Waals surface area (Å²) in [6.07, 6.45) is 3.14. The molecule has 1 N–H and O–H groups in total. The van der Waals surface area contributed by atoms with Gasteiger partial charge in [-0.25, -0.2) is 9.78 Å². The molecule has 0 saturated carbocycles. The van der Waals surface area contributed by atoms with E-state index in [1.54, 1.807) is 7.05 Å². The van der Waals surface area contributed by atoms with Crippen molar-refractivity contribution in [3.05, 3.63) is 27.2 Å². The summed E-state index contributed by atoms with van der Waals surface area (Å²) >= 11 is 3.32. The molecule has 6 nitrogen and oxygen atoms in total. The molecule has 0 amide bonds. The number of nitrogens with zero attached hydrogens (tertiary/aromatic N) is 3. The number of unbranched alkanes of at least 4 members (excludes halogenated alkanes) is 1. The number of imidazole rings is 1. The summed E-state index contributed by atoms with van der Waals surface area (Å²) in [5.41, 5.74) is 0.169. The second-order valence-corrected chi connectivity index (χ2v) is 4.59.